The van der Waals surface area contributed by atoms with E-state index in [1.165, 1.54) is 10.3 Å². The molecule has 3 aromatic heterocycles. The van der Waals surface area contributed by atoms with Crippen molar-refractivity contribution < 1.29 is 11.0 Å². The third kappa shape index (κ3) is 3.50. The van der Waals surface area contributed by atoms with Crippen molar-refractivity contribution in [3.63, 3.8) is 0 Å². The van der Waals surface area contributed by atoms with Gasteiger partial charge in [0.15, 0.2) is 0 Å². The van der Waals surface area contributed by atoms with Gasteiger partial charge in [-0.3, -0.25) is 0 Å². The lowest BCUT2D eigenvalue weighted by molar-refractivity contribution is 1.17. The molecular formula is C42H26N2S. The van der Waals surface area contributed by atoms with E-state index in [1.807, 2.05) is 36.4 Å². The molecule has 0 fully saturated rings. The van der Waals surface area contributed by atoms with E-state index < -0.39 is 24.2 Å². The second kappa shape index (κ2) is 9.43. The summed E-state index contributed by atoms with van der Waals surface area (Å²) in [6, 6.07) is 34.1. The molecular weight excluding hydrogens is 565 g/mol. The fourth-order valence-corrected chi connectivity index (χ4v) is 8.16. The summed E-state index contributed by atoms with van der Waals surface area (Å²) in [6.07, 6.45) is 0. The van der Waals surface area contributed by atoms with Crippen molar-refractivity contribution in [1.29, 1.82) is 0 Å². The van der Waals surface area contributed by atoms with Crippen LogP contribution in [0.15, 0.2) is 158 Å². The highest BCUT2D eigenvalue weighted by molar-refractivity contribution is 7.26. The minimum Gasteiger partial charge on any atom is -0.309 e. The zero-order chi connectivity index (χ0) is 36.4. The zero-order valence-corrected chi connectivity index (χ0v) is 24.5. The Hall–Kier alpha value is -5.64. The van der Waals surface area contributed by atoms with Gasteiger partial charge in [0.1, 0.15) is 0 Å². The first-order valence-electron chi connectivity index (χ1n) is 18.7. The van der Waals surface area contributed by atoms with E-state index in [2.05, 4.69) is 77.4 Å². The number of fused-ring (bicyclic) bond motifs is 9. The Morgan fingerprint density at radius 3 is 2.00 bits per heavy atom. The molecule has 0 unspecified atom stereocenters. The third-order valence-electron chi connectivity index (χ3n) is 8.77. The Bertz CT molecular complexity index is 3140. The predicted octanol–water partition coefficient (Wildman–Crippen LogP) is 11.9. The van der Waals surface area contributed by atoms with Crippen LogP contribution in [0.1, 0.15) is 11.0 Å². The predicted molar refractivity (Wildman–Crippen MR) is 193 cm³/mol. The van der Waals surface area contributed by atoms with Crippen molar-refractivity contribution in [3.8, 4) is 22.5 Å². The second-order valence-corrected chi connectivity index (χ2v) is 12.2. The van der Waals surface area contributed by atoms with Crippen LogP contribution in [-0.2, 0) is 0 Å². The number of aromatic nitrogens is 2. The molecule has 0 saturated heterocycles. The van der Waals surface area contributed by atoms with Gasteiger partial charge in [-0.25, -0.2) is 0 Å². The summed E-state index contributed by atoms with van der Waals surface area (Å²) < 4.78 is 75.7. The van der Waals surface area contributed by atoms with Crippen molar-refractivity contribution in [1.82, 2.24) is 9.13 Å². The molecule has 3 heteroatoms. The molecule has 0 aliphatic heterocycles. The lowest BCUT2D eigenvalue weighted by Crippen LogP contribution is -1.96. The number of hydrogen-bond acceptors (Lipinski definition) is 1. The van der Waals surface area contributed by atoms with Gasteiger partial charge in [0.2, 0.25) is 0 Å². The summed E-state index contributed by atoms with van der Waals surface area (Å²) in [6.45, 7) is 0. The van der Waals surface area contributed by atoms with Gasteiger partial charge in [-0.05, 0) is 59.6 Å². The fraction of sp³-hybridized carbons (Fsp3) is 0. The average Bonchev–Trinajstić information content (AvgIpc) is 3.86. The number of hydrogen-bond donors (Lipinski definition) is 0. The van der Waals surface area contributed by atoms with Gasteiger partial charge in [0.25, 0.3) is 0 Å². The number of para-hydroxylation sites is 3. The molecule has 3 heterocycles. The minimum atomic E-state index is -0.460. The van der Waals surface area contributed by atoms with Crippen molar-refractivity contribution >= 4 is 75.1 Å². The molecule has 0 radical (unpaired) electrons. The third-order valence-corrected chi connectivity index (χ3v) is 9.98. The molecule has 10 aromatic rings. The SMILES string of the molecule is [2H]c1c([2H])c([2H])c2c(c1[2H])c1c([2H])c([2H])c([2H])c([2H])c1n2-c1ccc2c(c1)c1ccccc1n2-c1cccc2sc3c(-c4ccccc4)cccc3c12. The second-order valence-electron chi connectivity index (χ2n) is 11.1. The summed E-state index contributed by atoms with van der Waals surface area (Å²) in [5.74, 6) is 0. The largest absolute Gasteiger partial charge is 0.309 e. The molecule has 7 aromatic carbocycles. The highest BCUT2D eigenvalue weighted by Gasteiger charge is 2.19. The Balaban J connectivity index is 1.30. The van der Waals surface area contributed by atoms with Crippen molar-refractivity contribution in [3.05, 3.63) is 158 Å². The Morgan fingerprint density at radius 1 is 0.489 bits per heavy atom. The molecule has 0 N–H and O–H groups in total. The standard InChI is InChI=1S/C42H26N2S/c1-2-12-27(13-3-1)29-17-10-18-33-41-39(22-11-23-40(41)45-42(29)33)44-37-21-9-6-16-32(37)34-26-28(24-25-38(34)44)43-35-19-7-4-14-30(35)31-15-5-8-20-36(31)43/h1-26H/i4D,5D,7D,8D,14D,15D,19D,20D. The van der Waals surface area contributed by atoms with E-state index in [4.69, 9.17) is 11.0 Å². The van der Waals surface area contributed by atoms with Crippen LogP contribution < -0.4 is 0 Å². The number of rotatable bonds is 3. The molecule has 10 rings (SSSR count). The average molecular weight is 599 g/mol. The van der Waals surface area contributed by atoms with Crippen LogP contribution >= 0.6 is 11.3 Å². The van der Waals surface area contributed by atoms with Crippen molar-refractivity contribution in [2.45, 2.75) is 0 Å². The maximum Gasteiger partial charge on any atom is 0.0645 e. The van der Waals surface area contributed by atoms with E-state index in [1.54, 1.807) is 15.9 Å². The van der Waals surface area contributed by atoms with Gasteiger partial charge < -0.3 is 9.13 Å². The van der Waals surface area contributed by atoms with Crippen LogP contribution in [0.5, 0.6) is 0 Å². The topological polar surface area (TPSA) is 9.86 Å². The summed E-state index contributed by atoms with van der Waals surface area (Å²) in [5.41, 5.74) is 6.00. The van der Waals surface area contributed by atoms with Crippen LogP contribution in [0.2, 0.25) is 0 Å². The first-order valence-corrected chi connectivity index (χ1v) is 15.5. The van der Waals surface area contributed by atoms with Crippen LogP contribution in [0.25, 0.3) is 86.3 Å². The van der Waals surface area contributed by atoms with Gasteiger partial charge >= 0.3 is 0 Å². The summed E-state index contributed by atoms with van der Waals surface area (Å²) in [5, 5.41) is 4.29. The number of nitrogens with zero attached hydrogens (tertiary/aromatic N) is 2. The first-order chi connectivity index (χ1) is 25.7. The van der Waals surface area contributed by atoms with Crippen LogP contribution in [0.3, 0.4) is 0 Å². The maximum absolute atomic E-state index is 8.97. The van der Waals surface area contributed by atoms with Crippen molar-refractivity contribution in [2.75, 3.05) is 0 Å². The lowest BCUT2D eigenvalue weighted by Gasteiger charge is -2.12. The van der Waals surface area contributed by atoms with Gasteiger partial charge in [0, 0.05) is 47.4 Å². The van der Waals surface area contributed by atoms with E-state index in [-0.39, 0.29) is 46.0 Å². The molecule has 0 aliphatic rings. The van der Waals surface area contributed by atoms with Gasteiger partial charge in [-0.15, -0.1) is 11.3 Å². The molecule has 210 valence electrons. The van der Waals surface area contributed by atoms with Crippen molar-refractivity contribution in [2.24, 2.45) is 0 Å². The molecule has 0 amide bonds. The van der Waals surface area contributed by atoms with Gasteiger partial charge in [0.05, 0.1) is 38.7 Å². The molecule has 0 bridgehead atoms. The Morgan fingerprint density at radius 2 is 1.18 bits per heavy atom. The van der Waals surface area contributed by atoms with Gasteiger partial charge in [-0.2, -0.15) is 0 Å². The number of benzene rings is 7. The Labute approximate surface area is 274 Å². The highest BCUT2D eigenvalue weighted by Crippen LogP contribution is 2.44. The van der Waals surface area contributed by atoms with E-state index in [0.29, 0.717) is 5.69 Å². The Kier molecular flexibility index (Phi) is 3.82. The smallest absolute Gasteiger partial charge is 0.0645 e. The molecule has 0 saturated carbocycles. The summed E-state index contributed by atoms with van der Waals surface area (Å²) >= 11 is 1.78. The van der Waals surface area contributed by atoms with E-state index in [9.17, 15) is 0 Å². The van der Waals surface area contributed by atoms with Crippen LogP contribution in [-0.4, -0.2) is 9.13 Å². The molecule has 2 nitrogen and oxygen atoms in total. The van der Waals surface area contributed by atoms with E-state index in [0.717, 1.165) is 48.5 Å². The summed E-state index contributed by atoms with van der Waals surface area (Å²) in [7, 11) is 0. The van der Waals surface area contributed by atoms with Crippen LogP contribution in [0, 0.1) is 0 Å². The highest BCUT2D eigenvalue weighted by atomic mass is 32.1. The first kappa shape index (κ1) is 18.2. The lowest BCUT2D eigenvalue weighted by atomic mass is 10.0. The zero-order valence-electron chi connectivity index (χ0n) is 31.7. The normalized spacial score (nSPS) is 14.5. The maximum atomic E-state index is 8.97. The summed E-state index contributed by atoms with van der Waals surface area (Å²) in [4.78, 5) is 0. The number of thiophene rings is 1. The molecule has 45 heavy (non-hydrogen) atoms. The molecule has 0 aliphatic carbocycles. The quantitative estimate of drug-likeness (QED) is 0.191. The fourth-order valence-electron chi connectivity index (χ4n) is 6.90. The molecule has 0 atom stereocenters. The molecule has 0 spiro atoms. The van der Waals surface area contributed by atoms with Crippen LogP contribution in [0.4, 0.5) is 0 Å². The van der Waals surface area contributed by atoms with E-state index >= 15 is 0 Å². The van der Waals surface area contributed by atoms with Gasteiger partial charge in [-0.1, -0.05) is 109 Å². The monoisotopic (exact) mass is 598 g/mol. The minimum absolute atomic E-state index is 0.0615.